The molecule has 2 aromatic heterocycles. The number of carbonyl (C=O) groups is 2. The van der Waals surface area contributed by atoms with E-state index in [1.807, 2.05) is 100 Å². The Kier molecular flexibility index (Phi) is 6.88. The average molecular weight is 503 g/mol. The van der Waals surface area contributed by atoms with E-state index in [1.165, 1.54) is 0 Å². The first-order chi connectivity index (χ1) is 18.4. The number of fused-ring (bicyclic) bond motifs is 3. The molecule has 0 atom stereocenters. The van der Waals surface area contributed by atoms with Crippen LogP contribution in [0.4, 0.5) is 11.4 Å². The number of benzene rings is 3. The number of amides is 2. The second-order valence-electron chi connectivity index (χ2n) is 9.37. The largest absolute Gasteiger partial charge is 0.307 e. The maximum atomic E-state index is 13.5. The van der Waals surface area contributed by atoms with E-state index < -0.39 is 0 Å². The summed E-state index contributed by atoms with van der Waals surface area (Å²) in [5, 5.41) is 1.71. The maximum absolute atomic E-state index is 13.5. The van der Waals surface area contributed by atoms with Gasteiger partial charge < -0.3 is 9.80 Å². The Hall–Kier alpha value is -4.58. The van der Waals surface area contributed by atoms with Gasteiger partial charge in [0.1, 0.15) is 11.4 Å². The second-order valence-corrected chi connectivity index (χ2v) is 9.37. The molecule has 2 heterocycles. The zero-order valence-electron chi connectivity index (χ0n) is 22.1. The van der Waals surface area contributed by atoms with Crippen LogP contribution in [-0.2, 0) is 0 Å². The van der Waals surface area contributed by atoms with Crippen LogP contribution in [0.25, 0.3) is 21.8 Å². The minimum Gasteiger partial charge on any atom is -0.307 e. The molecule has 0 saturated heterocycles. The predicted octanol–water partition coefficient (Wildman–Crippen LogP) is 6.73. The van der Waals surface area contributed by atoms with E-state index in [4.69, 9.17) is 9.97 Å². The molecule has 0 saturated carbocycles. The molecule has 0 spiro atoms. The molecule has 0 unspecified atom stereocenters. The summed E-state index contributed by atoms with van der Waals surface area (Å²) in [6.07, 6.45) is 0. The lowest BCUT2D eigenvalue weighted by atomic mass is 10.1. The lowest BCUT2D eigenvalue weighted by Crippen LogP contribution is -2.31. The molecule has 0 aliphatic carbocycles. The number of pyridine rings is 2. The fraction of sp³-hybridized carbons (Fsp3) is 0.188. The van der Waals surface area contributed by atoms with E-state index in [0.29, 0.717) is 35.5 Å². The smallest absolute Gasteiger partial charge is 0.276 e. The summed E-state index contributed by atoms with van der Waals surface area (Å²) in [5.74, 6) is -0.363. The zero-order chi connectivity index (χ0) is 26.8. The molecule has 0 N–H and O–H groups in total. The third-order valence-corrected chi connectivity index (χ3v) is 6.77. The van der Waals surface area contributed by atoms with Crippen molar-refractivity contribution in [1.82, 2.24) is 9.97 Å². The van der Waals surface area contributed by atoms with Crippen LogP contribution in [0.1, 0.15) is 46.0 Å². The molecular weight excluding hydrogens is 472 g/mol. The molecule has 0 fully saturated rings. The maximum Gasteiger partial charge on any atom is 0.276 e. The molecule has 0 radical (unpaired) electrons. The van der Waals surface area contributed by atoms with Crippen LogP contribution in [-0.4, -0.2) is 34.9 Å². The van der Waals surface area contributed by atoms with Gasteiger partial charge in [-0.2, -0.15) is 0 Å². The number of hydrogen-bond acceptors (Lipinski definition) is 4. The first-order valence-electron chi connectivity index (χ1n) is 12.9. The van der Waals surface area contributed by atoms with E-state index in [2.05, 4.69) is 0 Å². The van der Waals surface area contributed by atoms with Gasteiger partial charge in [0.15, 0.2) is 0 Å². The van der Waals surface area contributed by atoms with Gasteiger partial charge >= 0.3 is 0 Å². The third-order valence-electron chi connectivity index (χ3n) is 6.77. The van der Waals surface area contributed by atoms with Crippen LogP contribution in [0.5, 0.6) is 0 Å². The standard InChI is InChI=1S/C32H30N4O2/c1-5-35(25-15-7-21(3)8-16-25)31(37)27-19-13-23-11-12-24-14-20-28(34-30(24)29(23)33-27)32(38)36(6-2)26-17-9-22(4)10-18-26/h7-20H,5-6H2,1-4H3. The van der Waals surface area contributed by atoms with Gasteiger partial charge in [-0.15, -0.1) is 0 Å². The van der Waals surface area contributed by atoms with Crippen molar-refractivity contribution in [3.63, 3.8) is 0 Å². The summed E-state index contributed by atoms with van der Waals surface area (Å²) in [6.45, 7) is 8.96. The highest BCUT2D eigenvalue weighted by molar-refractivity contribution is 6.10. The van der Waals surface area contributed by atoms with Crippen molar-refractivity contribution in [3.05, 3.63) is 107 Å². The fourth-order valence-electron chi connectivity index (χ4n) is 4.62. The number of nitrogens with zero attached hydrogens (tertiary/aromatic N) is 4. The van der Waals surface area contributed by atoms with Gasteiger partial charge in [-0.3, -0.25) is 9.59 Å². The highest BCUT2D eigenvalue weighted by atomic mass is 16.2. The van der Waals surface area contributed by atoms with Crippen LogP contribution < -0.4 is 9.80 Å². The van der Waals surface area contributed by atoms with Crippen molar-refractivity contribution in [1.29, 1.82) is 0 Å². The van der Waals surface area contributed by atoms with E-state index >= 15 is 0 Å². The van der Waals surface area contributed by atoms with Crippen molar-refractivity contribution in [2.75, 3.05) is 22.9 Å². The second kappa shape index (κ2) is 10.4. The molecule has 190 valence electrons. The Morgan fingerprint density at radius 1 is 0.553 bits per heavy atom. The summed E-state index contributed by atoms with van der Waals surface area (Å²) in [6, 6.07) is 26.9. The number of aryl methyl sites for hydroxylation is 2. The molecule has 0 bridgehead atoms. The van der Waals surface area contributed by atoms with Crippen LogP contribution >= 0.6 is 0 Å². The number of anilines is 2. The first kappa shape index (κ1) is 25.1. The molecule has 2 amide bonds. The zero-order valence-corrected chi connectivity index (χ0v) is 22.1. The van der Waals surface area contributed by atoms with Crippen molar-refractivity contribution in [3.8, 4) is 0 Å². The normalized spacial score (nSPS) is 11.1. The van der Waals surface area contributed by atoms with Crippen LogP contribution in [0.15, 0.2) is 84.9 Å². The summed E-state index contributed by atoms with van der Waals surface area (Å²) < 4.78 is 0. The average Bonchev–Trinajstić information content (AvgIpc) is 2.95. The van der Waals surface area contributed by atoms with E-state index in [1.54, 1.807) is 21.9 Å². The number of hydrogen-bond donors (Lipinski definition) is 0. The van der Waals surface area contributed by atoms with Gasteiger partial charge in [0, 0.05) is 35.2 Å². The minimum absolute atomic E-state index is 0.181. The number of rotatable bonds is 6. The Morgan fingerprint density at radius 3 is 1.24 bits per heavy atom. The fourth-order valence-corrected chi connectivity index (χ4v) is 4.62. The Labute approximate surface area is 222 Å². The lowest BCUT2D eigenvalue weighted by Gasteiger charge is -2.21. The van der Waals surface area contributed by atoms with Crippen molar-refractivity contribution in [2.24, 2.45) is 0 Å². The molecule has 5 aromatic rings. The summed E-state index contributed by atoms with van der Waals surface area (Å²) >= 11 is 0. The quantitative estimate of drug-likeness (QED) is 0.241. The molecule has 6 heteroatoms. The van der Waals surface area contributed by atoms with Gasteiger partial charge in [0.05, 0.1) is 11.0 Å². The number of aromatic nitrogens is 2. The number of carbonyl (C=O) groups excluding carboxylic acids is 2. The highest BCUT2D eigenvalue weighted by Crippen LogP contribution is 2.26. The van der Waals surface area contributed by atoms with Crippen LogP contribution in [0.2, 0.25) is 0 Å². The van der Waals surface area contributed by atoms with Crippen molar-refractivity contribution in [2.45, 2.75) is 27.7 Å². The molecule has 3 aromatic carbocycles. The topological polar surface area (TPSA) is 66.4 Å². The molecule has 0 aliphatic rings. The highest BCUT2D eigenvalue weighted by Gasteiger charge is 2.21. The Morgan fingerprint density at radius 2 is 0.895 bits per heavy atom. The molecule has 5 rings (SSSR count). The predicted molar refractivity (Wildman–Crippen MR) is 154 cm³/mol. The van der Waals surface area contributed by atoms with Gasteiger partial charge in [-0.1, -0.05) is 59.7 Å². The molecule has 38 heavy (non-hydrogen) atoms. The third kappa shape index (κ3) is 4.73. The van der Waals surface area contributed by atoms with Crippen molar-refractivity contribution >= 4 is 45.0 Å². The minimum atomic E-state index is -0.181. The summed E-state index contributed by atoms with van der Waals surface area (Å²) in [5.41, 5.74) is 5.78. The van der Waals surface area contributed by atoms with E-state index in [-0.39, 0.29) is 11.8 Å². The SMILES string of the molecule is CCN(C(=O)c1ccc2ccc3ccc(C(=O)N(CC)c4ccc(C)cc4)nc3c2n1)c1ccc(C)cc1. The monoisotopic (exact) mass is 502 g/mol. The molecule has 0 aliphatic heterocycles. The Balaban J connectivity index is 1.56. The summed E-state index contributed by atoms with van der Waals surface area (Å²) in [4.78, 5) is 40.0. The lowest BCUT2D eigenvalue weighted by molar-refractivity contribution is 0.0976. The Bertz CT molecular complexity index is 1520. The molecule has 6 nitrogen and oxygen atoms in total. The molecular formula is C32H30N4O2. The summed E-state index contributed by atoms with van der Waals surface area (Å²) in [7, 11) is 0. The van der Waals surface area contributed by atoms with E-state index in [0.717, 1.165) is 33.3 Å². The first-order valence-corrected chi connectivity index (χ1v) is 12.9. The van der Waals surface area contributed by atoms with Gasteiger partial charge in [-0.05, 0) is 64.1 Å². The van der Waals surface area contributed by atoms with Crippen LogP contribution in [0.3, 0.4) is 0 Å². The van der Waals surface area contributed by atoms with Crippen LogP contribution in [0, 0.1) is 13.8 Å². The van der Waals surface area contributed by atoms with Gasteiger partial charge in [0.25, 0.3) is 11.8 Å². The van der Waals surface area contributed by atoms with Gasteiger partial charge in [-0.25, -0.2) is 9.97 Å². The van der Waals surface area contributed by atoms with Gasteiger partial charge in [0.2, 0.25) is 0 Å². The van der Waals surface area contributed by atoms with Crippen molar-refractivity contribution < 1.29 is 9.59 Å². The van der Waals surface area contributed by atoms with E-state index in [9.17, 15) is 9.59 Å².